The molecule has 118 valence electrons. The molecule has 0 aliphatic carbocycles. The van der Waals surface area contributed by atoms with Crippen LogP contribution in [0.4, 0.5) is 6.01 Å². The maximum Gasteiger partial charge on any atom is 0.302 e. The van der Waals surface area contributed by atoms with Gasteiger partial charge in [0.05, 0.1) is 11.4 Å². The predicted octanol–water partition coefficient (Wildman–Crippen LogP) is 1.97. The van der Waals surface area contributed by atoms with E-state index in [2.05, 4.69) is 34.1 Å². The van der Waals surface area contributed by atoms with Gasteiger partial charge in [-0.2, -0.15) is 4.98 Å². The summed E-state index contributed by atoms with van der Waals surface area (Å²) in [4.78, 5) is 12.9. The van der Waals surface area contributed by atoms with E-state index < -0.39 is 0 Å². The third-order valence-electron chi connectivity index (χ3n) is 3.01. The molecule has 0 amide bonds. The molecule has 0 saturated heterocycles. The standard InChI is InChI=1S/C15H22N6O/c1-10(2)6-7-18-14(17)21-15-20-13(9-22-15)12-5-3-4-11(8-16)19-12/h3-5,9-10H,6-8,16H2,1-2H3,(H3,17,18,20,21). The lowest BCUT2D eigenvalue weighted by Crippen LogP contribution is -2.23. The second-order valence-corrected chi connectivity index (χ2v) is 5.33. The minimum Gasteiger partial charge on any atom is -0.431 e. The Hall–Kier alpha value is -2.41. The minimum absolute atomic E-state index is 0.290. The average molecular weight is 302 g/mol. The van der Waals surface area contributed by atoms with Gasteiger partial charge < -0.3 is 15.9 Å². The molecule has 0 atom stereocenters. The van der Waals surface area contributed by atoms with Crippen LogP contribution in [0.3, 0.4) is 0 Å². The monoisotopic (exact) mass is 302 g/mol. The van der Waals surface area contributed by atoms with Crippen molar-refractivity contribution in [3.05, 3.63) is 30.2 Å². The molecule has 2 rings (SSSR count). The molecule has 7 heteroatoms. The average Bonchev–Trinajstić information content (AvgIpc) is 2.95. The molecule has 7 nitrogen and oxygen atoms in total. The predicted molar refractivity (Wildman–Crippen MR) is 87.2 cm³/mol. The molecule has 5 N–H and O–H groups in total. The molecule has 0 spiro atoms. The van der Waals surface area contributed by atoms with Crippen LogP contribution in [0.5, 0.6) is 0 Å². The van der Waals surface area contributed by atoms with Crippen molar-refractivity contribution >= 4 is 12.0 Å². The van der Waals surface area contributed by atoms with Crippen LogP contribution in [0.25, 0.3) is 11.4 Å². The van der Waals surface area contributed by atoms with Gasteiger partial charge in [0.1, 0.15) is 12.0 Å². The number of aliphatic imine (C=N–C) groups is 1. The van der Waals surface area contributed by atoms with Crippen LogP contribution >= 0.6 is 0 Å². The number of hydrogen-bond donors (Lipinski definition) is 3. The Morgan fingerprint density at radius 3 is 2.86 bits per heavy atom. The lowest BCUT2D eigenvalue weighted by molar-refractivity contribution is 0.578. The topological polar surface area (TPSA) is 115 Å². The van der Waals surface area contributed by atoms with Gasteiger partial charge in [-0.05, 0) is 24.5 Å². The lowest BCUT2D eigenvalue weighted by atomic mass is 10.1. The summed E-state index contributed by atoms with van der Waals surface area (Å²) < 4.78 is 5.34. The summed E-state index contributed by atoms with van der Waals surface area (Å²) in [6.07, 6.45) is 2.50. The smallest absolute Gasteiger partial charge is 0.302 e. The molecule has 0 aromatic carbocycles. The Morgan fingerprint density at radius 1 is 1.32 bits per heavy atom. The molecule has 22 heavy (non-hydrogen) atoms. The third-order valence-corrected chi connectivity index (χ3v) is 3.01. The first-order valence-electron chi connectivity index (χ1n) is 7.27. The summed E-state index contributed by atoms with van der Waals surface area (Å²) in [7, 11) is 0. The third kappa shape index (κ3) is 4.56. The molecule has 0 aliphatic rings. The summed E-state index contributed by atoms with van der Waals surface area (Å²) in [5, 5.41) is 2.83. The SMILES string of the molecule is CC(C)CCN=C(N)Nc1nc(-c2cccc(CN)n2)co1. The van der Waals surface area contributed by atoms with Crippen molar-refractivity contribution < 1.29 is 4.42 Å². The highest BCUT2D eigenvalue weighted by Crippen LogP contribution is 2.18. The first-order valence-corrected chi connectivity index (χ1v) is 7.27. The van der Waals surface area contributed by atoms with Gasteiger partial charge in [-0.25, -0.2) is 4.98 Å². The summed E-state index contributed by atoms with van der Waals surface area (Å²) in [6.45, 7) is 5.33. The van der Waals surface area contributed by atoms with Crippen LogP contribution in [-0.2, 0) is 6.54 Å². The van der Waals surface area contributed by atoms with E-state index in [0.717, 1.165) is 12.1 Å². The van der Waals surface area contributed by atoms with Gasteiger partial charge in [-0.15, -0.1) is 0 Å². The quantitative estimate of drug-likeness (QED) is 0.555. The number of hydrogen-bond acceptors (Lipinski definition) is 5. The van der Waals surface area contributed by atoms with Crippen molar-refractivity contribution in [3.63, 3.8) is 0 Å². The summed E-state index contributed by atoms with van der Waals surface area (Å²) in [5.74, 6) is 0.878. The highest BCUT2D eigenvalue weighted by molar-refractivity contribution is 5.90. The minimum atomic E-state index is 0.290. The second kappa shape index (κ2) is 7.56. The molecule has 0 bridgehead atoms. The highest BCUT2D eigenvalue weighted by atomic mass is 16.4. The van der Waals surface area contributed by atoms with Crippen LogP contribution in [0.1, 0.15) is 26.0 Å². The first kappa shape index (κ1) is 16.0. The normalized spacial score (nSPS) is 11.9. The van der Waals surface area contributed by atoms with Crippen LogP contribution in [0.15, 0.2) is 33.9 Å². The summed E-state index contributed by atoms with van der Waals surface area (Å²) in [5.41, 5.74) is 13.5. The van der Waals surface area contributed by atoms with E-state index in [-0.39, 0.29) is 5.96 Å². The zero-order chi connectivity index (χ0) is 15.9. The summed E-state index contributed by atoms with van der Waals surface area (Å²) >= 11 is 0. The number of aromatic nitrogens is 2. The van der Waals surface area contributed by atoms with Crippen molar-refractivity contribution in [2.24, 2.45) is 22.4 Å². The fourth-order valence-electron chi connectivity index (χ4n) is 1.78. The molecular formula is C15H22N6O. The van der Waals surface area contributed by atoms with Gasteiger partial charge in [0.2, 0.25) is 0 Å². The van der Waals surface area contributed by atoms with E-state index in [9.17, 15) is 0 Å². The van der Waals surface area contributed by atoms with E-state index in [1.165, 1.54) is 6.26 Å². The number of oxazole rings is 1. The zero-order valence-corrected chi connectivity index (χ0v) is 12.9. The second-order valence-electron chi connectivity index (χ2n) is 5.33. The Morgan fingerprint density at radius 2 is 2.14 bits per heavy atom. The molecule has 0 aliphatic heterocycles. The number of nitrogens with two attached hydrogens (primary N) is 2. The molecule has 2 aromatic heterocycles. The number of guanidine groups is 1. The van der Waals surface area contributed by atoms with Gasteiger partial charge in [0, 0.05) is 13.1 Å². The van der Waals surface area contributed by atoms with Gasteiger partial charge in [-0.1, -0.05) is 19.9 Å². The number of pyridine rings is 1. The number of nitrogens with one attached hydrogen (secondary N) is 1. The van der Waals surface area contributed by atoms with Crippen molar-refractivity contribution in [1.82, 2.24) is 9.97 Å². The maximum atomic E-state index is 5.79. The van der Waals surface area contributed by atoms with E-state index in [1.54, 1.807) is 0 Å². The molecular weight excluding hydrogens is 280 g/mol. The Bertz CT molecular complexity index is 634. The number of rotatable bonds is 6. The fourth-order valence-corrected chi connectivity index (χ4v) is 1.78. The van der Waals surface area contributed by atoms with E-state index >= 15 is 0 Å². The van der Waals surface area contributed by atoms with E-state index in [4.69, 9.17) is 15.9 Å². The fraction of sp³-hybridized carbons (Fsp3) is 0.400. The molecule has 0 unspecified atom stereocenters. The van der Waals surface area contributed by atoms with Crippen molar-refractivity contribution in [2.45, 2.75) is 26.8 Å². The highest BCUT2D eigenvalue weighted by Gasteiger charge is 2.08. The van der Waals surface area contributed by atoms with Gasteiger partial charge >= 0.3 is 6.01 Å². The van der Waals surface area contributed by atoms with Crippen molar-refractivity contribution in [3.8, 4) is 11.4 Å². The van der Waals surface area contributed by atoms with Crippen LogP contribution < -0.4 is 16.8 Å². The van der Waals surface area contributed by atoms with Crippen LogP contribution in [0.2, 0.25) is 0 Å². The van der Waals surface area contributed by atoms with Crippen molar-refractivity contribution in [2.75, 3.05) is 11.9 Å². The molecule has 0 saturated carbocycles. The number of nitrogens with zero attached hydrogens (tertiary/aromatic N) is 3. The molecule has 0 fully saturated rings. The van der Waals surface area contributed by atoms with Gasteiger partial charge in [0.15, 0.2) is 5.96 Å². The molecule has 2 aromatic rings. The van der Waals surface area contributed by atoms with E-state index in [1.807, 2.05) is 18.2 Å². The van der Waals surface area contributed by atoms with Crippen LogP contribution in [0, 0.1) is 5.92 Å². The van der Waals surface area contributed by atoms with Gasteiger partial charge in [0.25, 0.3) is 0 Å². The first-order chi connectivity index (χ1) is 10.6. The lowest BCUT2D eigenvalue weighted by Gasteiger charge is -2.02. The van der Waals surface area contributed by atoms with Crippen molar-refractivity contribution in [1.29, 1.82) is 0 Å². The summed E-state index contributed by atoms with van der Waals surface area (Å²) in [6, 6.07) is 5.89. The Labute approximate surface area is 129 Å². The molecule has 2 heterocycles. The Kier molecular flexibility index (Phi) is 5.48. The number of anilines is 1. The van der Waals surface area contributed by atoms with Gasteiger partial charge in [-0.3, -0.25) is 10.3 Å². The maximum absolute atomic E-state index is 5.79. The van der Waals surface area contributed by atoms with E-state index in [0.29, 0.717) is 36.4 Å². The zero-order valence-electron chi connectivity index (χ0n) is 12.9. The Balaban J connectivity index is 2.01. The largest absolute Gasteiger partial charge is 0.431 e. The molecule has 0 radical (unpaired) electrons. The van der Waals surface area contributed by atoms with Crippen LogP contribution in [-0.4, -0.2) is 22.5 Å².